The Bertz CT molecular complexity index is 802. The molecule has 1 aliphatic rings. The zero-order chi connectivity index (χ0) is 18.0. The summed E-state index contributed by atoms with van der Waals surface area (Å²) in [6, 6.07) is 4.51. The van der Waals surface area contributed by atoms with Gasteiger partial charge in [-0.05, 0) is 37.5 Å². The van der Waals surface area contributed by atoms with Crippen LogP contribution in [-0.4, -0.2) is 27.9 Å². The number of halogens is 1. The Kier molecular flexibility index (Phi) is 4.83. The van der Waals surface area contributed by atoms with Crippen LogP contribution in [0.25, 0.3) is 5.69 Å². The number of amides is 2. The van der Waals surface area contributed by atoms with Gasteiger partial charge in [-0.2, -0.15) is 0 Å². The Labute approximate surface area is 145 Å². The van der Waals surface area contributed by atoms with Crippen molar-refractivity contribution in [1.29, 1.82) is 0 Å². The third kappa shape index (κ3) is 4.04. The first-order valence-electron chi connectivity index (χ1n) is 8.33. The summed E-state index contributed by atoms with van der Waals surface area (Å²) in [5.74, 6) is 0.499. The van der Waals surface area contributed by atoms with Gasteiger partial charge >= 0.3 is 0 Å². The smallest absolute Gasteiger partial charge is 0.226 e. The number of aryl methyl sites for hydroxylation is 1. The van der Waals surface area contributed by atoms with E-state index in [0.29, 0.717) is 23.1 Å². The van der Waals surface area contributed by atoms with Crippen molar-refractivity contribution in [3.8, 4) is 5.69 Å². The molecule has 0 unspecified atom stereocenters. The van der Waals surface area contributed by atoms with E-state index in [1.165, 1.54) is 6.07 Å². The van der Waals surface area contributed by atoms with Crippen molar-refractivity contribution in [3.05, 3.63) is 42.2 Å². The van der Waals surface area contributed by atoms with Gasteiger partial charge in [0.1, 0.15) is 11.6 Å². The van der Waals surface area contributed by atoms with Crippen molar-refractivity contribution < 1.29 is 14.0 Å². The third-order valence-electron chi connectivity index (χ3n) is 4.41. The Morgan fingerprint density at radius 1 is 1.40 bits per heavy atom. The number of nitrogens with zero attached hydrogens (tertiary/aromatic N) is 2. The second-order valence-electron chi connectivity index (χ2n) is 6.42. The molecule has 3 rings (SSSR count). The highest BCUT2D eigenvalue weighted by atomic mass is 19.1. The zero-order valence-corrected chi connectivity index (χ0v) is 14.3. The van der Waals surface area contributed by atoms with Gasteiger partial charge in [0, 0.05) is 37.0 Å². The van der Waals surface area contributed by atoms with Crippen molar-refractivity contribution in [2.75, 3.05) is 11.9 Å². The molecule has 1 fully saturated rings. The highest BCUT2D eigenvalue weighted by molar-refractivity contribution is 5.91. The monoisotopic (exact) mass is 344 g/mol. The first kappa shape index (κ1) is 17.1. The van der Waals surface area contributed by atoms with Crippen LogP contribution in [0.2, 0.25) is 0 Å². The van der Waals surface area contributed by atoms with Crippen molar-refractivity contribution >= 4 is 17.5 Å². The molecule has 7 heteroatoms. The molecule has 0 aliphatic heterocycles. The molecule has 2 amide bonds. The van der Waals surface area contributed by atoms with Crippen LogP contribution in [0.1, 0.15) is 25.6 Å². The van der Waals surface area contributed by atoms with Crippen LogP contribution < -0.4 is 10.6 Å². The molecular formula is C18H21FN4O2. The molecule has 1 saturated carbocycles. The summed E-state index contributed by atoms with van der Waals surface area (Å²) >= 11 is 0. The number of benzene rings is 1. The molecule has 132 valence electrons. The molecule has 0 saturated heterocycles. The number of aromatic nitrogens is 2. The fourth-order valence-corrected chi connectivity index (χ4v) is 2.75. The predicted octanol–water partition coefficient (Wildman–Crippen LogP) is 2.42. The Hall–Kier alpha value is -2.70. The van der Waals surface area contributed by atoms with E-state index in [9.17, 15) is 14.0 Å². The van der Waals surface area contributed by atoms with Gasteiger partial charge in [-0.1, -0.05) is 6.92 Å². The first-order valence-corrected chi connectivity index (χ1v) is 8.33. The summed E-state index contributed by atoms with van der Waals surface area (Å²) < 4.78 is 15.9. The topological polar surface area (TPSA) is 76.0 Å². The minimum absolute atomic E-state index is 0.00593. The number of imidazole rings is 1. The van der Waals surface area contributed by atoms with E-state index in [1.807, 2.05) is 6.92 Å². The van der Waals surface area contributed by atoms with Crippen LogP contribution in [0, 0.1) is 24.6 Å². The highest BCUT2D eigenvalue weighted by Crippen LogP contribution is 2.37. The Balaban J connectivity index is 1.52. The number of hydrogen-bond acceptors (Lipinski definition) is 3. The third-order valence-corrected chi connectivity index (χ3v) is 4.41. The van der Waals surface area contributed by atoms with Gasteiger partial charge in [-0.25, -0.2) is 9.37 Å². The van der Waals surface area contributed by atoms with Gasteiger partial charge in [-0.3, -0.25) is 9.59 Å². The van der Waals surface area contributed by atoms with E-state index in [4.69, 9.17) is 0 Å². The summed E-state index contributed by atoms with van der Waals surface area (Å²) in [5, 5.41) is 5.39. The lowest BCUT2D eigenvalue weighted by atomic mass is 10.2. The fraction of sp³-hybridized carbons (Fsp3) is 0.389. The molecule has 6 nitrogen and oxygen atoms in total. The first-order chi connectivity index (χ1) is 12.0. The second kappa shape index (κ2) is 7.04. The van der Waals surface area contributed by atoms with E-state index in [0.717, 1.165) is 6.42 Å². The summed E-state index contributed by atoms with van der Waals surface area (Å²) in [4.78, 5) is 27.7. The molecular weight excluding hydrogens is 323 g/mol. The molecule has 1 aromatic heterocycles. The van der Waals surface area contributed by atoms with Gasteiger partial charge in [0.15, 0.2) is 0 Å². The van der Waals surface area contributed by atoms with Crippen LogP contribution in [0.5, 0.6) is 0 Å². The van der Waals surface area contributed by atoms with Gasteiger partial charge in [-0.15, -0.1) is 0 Å². The van der Waals surface area contributed by atoms with Crippen molar-refractivity contribution in [2.24, 2.45) is 11.8 Å². The van der Waals surface area contributed by atoms with Crippen LogP contribution in [0.15, 0.2) is 30.6 Å². The van der Waals surface area contributed by atoms with Crippen LogP contribution in [0.3, 0.4) is 0 Å². The van der Waals surface area contributed by atoms with Crippen molar-refractivity contribution in [1.82, 2.24) is 14.9 Å². The predicted molar refractivity (Wildman–Crippen MR) is 91.8 cm³/mol. The SMILES string of the molecule is Cc1nccn1-c1ccc(NC(=O)CCNC(=O)[C@H]2C[C@H]2C)cc1F. The average molecular weight is 344 g/mol. The number of rotatable bonds is 6. The van der Waals surface area contributed by atoms with Gasteiger partial charge in [0.25, 0.3) is 0 Å². The average Bonchev–Trinajstić information content (AvgIpc) is 3.14. The summed E-state index contributed by atoms with van der Waals surface area (Å²) in [7, 11) is 0. The maximum Gasteiger partial charge on any atom is 0.226 e. The largest absolute Gasteiger partial charge is 0.355 e. The lowest BCUT2D eigenvalue weighted by Crippen LogP contribution is -2.29. The molecule has 1 aromatic carbocycles. The molecule has 25 heavy (non-hydrogen) atoms. The molecule has 2 aromatic rings. The van der Waals surface area contributed by atoms with Crippen LogP contribution in [0.4, 0.5) is 10.1 Å². The molecule has 0 spiro atoms. The number of hydrogen-bond donors (Lipinski definition) is 2. The van der Waals surface area contributed by atoms with Crippen molar-refractivity contribution in [3.63, 3.8) is 0 Å². The van der Waals surface area contributed by atoms with E-state index >= 15 is 0 Å². The zero-order valence-electron chi connectivity index (χ0n) is 14.3. The molecule has 2 atom stereocenters. The minimum atomic E-state index is -0.449. The maximum absolute atomic E-state index is 14.3. The quantitative estimate of drug-likeness (QED) is 0.845. The normalized spacial score (nSPS) is 18.7. The van der Waals surface area contributed by atoms with E-state index in [2.05, 4.69) is 15.6 Å². The van der Waals surface area contributed by atoms with E-state index in [1.54, 1.807) is 36.0 Å². The number of carbonyl (C=O) groups is 2. The molecule has 1 aliphatic carbocycles. The van der Waals surface area contributed by atoms with Crippen LogP contribution in [-0.2, 0) is 9.59 Å². The van der Waals surface area contributed by atoms with Crippen molar-refractivity contribution in [2.45, 2.75) is 26.7 Å². The number of nitrogens with one attached hydrogen (secondary N) is 2. The number of anilines is 1. The summed E-state index contributed by atoms with van der Waals surface area (Å²) in [5.41, 5.74) is 0.755. The summed E-state index contributed by atoms with van der Waals surface area (Å²) in [6.45, 7) is 4.09. The number of carbonyl (C=O) groups excluding carboxylic acids is 2. The lowest BCUT2D eigenvalue weighted by molar-refractivity contribution is -0.122. The van der Waals surface area contributed by atoms with Crippen LogP contribution >= 0.6 is 0 Å². The van der Waals surface area contributed by atoms with Gasteiger partial charge in [0.05, 0.1) is 5.69 Å². The molecule has 1 heterocycles. The fourth-order valence-electron chi connectivity index (χ4n) is 2.75. The molecule has 0 radical (unpaired) electrons. The molecule has 2 N–H and O–H groups in total. The van der Waals surface area contributed by atoms with Gasteiger partial charge in [0.2, 0.25) is 11.8 Å². The molecule has 0 bridgehead atoms. The standard InChI is InChI=1S/C18H21FN4O2/c1-11-9-14(11)18(25)21-6-5-17(24)22-13-3-4-16(15(19)10-13)23-8-7-20-12(23)2/h3-4,7-8,10-11,14H,5-6,9H2,1-2H3,(H,21,25)(H,22,24)/t11-,14+/m1/s1. The second-order valence-corrected chi connectivity index (χ2v) is 6.42. The van der Waals surface area contributed by atoms with E-state index < -0.39 is 5.82 Å². The highest BCUT2D eigenvalue weighted by Gasteiger charge is 2.38. The Morgan fingerprint density at radius 2 is 2.16 bits per heavy atom. The summed E-state index contributed by atoms with van der Waals surface area (Å²) in [6.07, 6.45) is 4.34. The lowest BCUT2D eigenvalue weighted by Gasteiger charge is -2.10. The Morgan fingerprint density at radius 3 is 2.76 bits per heavy atom. The van der Waals surface area contributed by atoms with E-state index in [-0.39, 0.29) is 30.7 Å². The van der Waals surface area contributed by atoms with Gasteiger partial charge < -0.3 is 15.2 Å². The minimum Gasteiger partial charge on any atom is -0.355 e. The maximum atomic E-state index is 14.3.